The number of hydrogen-bond donors (Lipinski definition) is 1. The van der Waals surface area contributed by atoms with Gasteiger partial charge in [0.15, 0.2) is 0 Å². The summed E-state index contributed by atoms with van der Waals surface area (Å²) >= 11 is 2.14. The van der Waals surface area contributed by atoms with Crippen molar-refractivity contribution >= 4 is 34.5 Å². The lowest BCUT2D eigenvalue weighted by Gasteiger charge is -2.16. The second kappa shape index (κ2) is 7.93. The van der Waals surface area contributed by atoms with Crippen LogP contribution in [0.4, 0.5) is 0 Å². The molecule has 1 atom stereocenters. The number of rotatable bonds is 5. The molecule has 0 fully saturated rings. The van der Waals surface area contributed by atoms with E-state index in [4.69, 9.17) is 4.74 Å². The molecule has 0 bridgehead atoms. The maximum Gasteiger partial charge on any atom is 0.328 e. The minimum absolute atomic E-state index is 0.287. The van der Waals surface area contributed by atoms with E-state index in [0.717, 1.165) is 9.13 Å². The van der Waals surface area contributed by atoms with Crippen molar-refractivity contribution in [3.63, 3.8) is 0 Å². The number of nitrogens with one attached hydrogen (secondary N) is 1. The summed E-state index contributed by atoms with van der Waals surface area (Å²) < 4.78 is 5.75. The maximum atomic E-state index is 12.3. The van der Waals surface area contributed by atoms with Gasteiger partial charge in [-0.05, 0) is 46.4 Å². The van der Waals surface area contributed by atoms with Gasteiger partial charge in [0.1, 0.15) is 6.04 Å². The van der Waals surface area contributed by atoms with Crippen LogP contribution in [0.2, 0.25) is 0 Å². The van der Waals surface area contributed by atoms with Crippen LogP contribution in [0.25, 0.3) is 0 Å². The number of benzene rings is 2. The number of amides is 1. The Kier molecular flexibility index (Phi) is 5.94. The van der Waals surface area contributed by atoms with Gasteiger partial charge in [-0.1, -0.05) is 36.4 Å². The molecule has 0 saturated carbocycles. The Morgan fingerprint density at radius 1 is 1.14 bits per heavy atom. The smallest absolute Gasteiger partial charge is 0.328 e. The number of halogens is 1. The first-order valence-corrected chi connectivity index (χ1v) is 7.86. The lowest BCUT2D eigenvalue weighted by Crippen LogP contribution is -2.43. The lowest BCUT2D eigenvalue weighted by atomic mass is 10.1. The molecule has 0 aromatic heterocycles. The number of ether oxygens (including phenoxy) is 1. The fourth-order valence-electron chi connectivity index (χ4n) is 2.06. The van der Waals surface area contributed by atoms with E-state index in [1.54, 1.807) is 18.2 Å². The van der Waals surface area contributed by atoms with E-state index >= 15 is 0 Å². The van der Waals surface area contributed by atoms with Crippen LogP contribution in [0, 0.1) is 3.57 Å². The first-order chi connectivity index (χ1) is 10.6. The average Bonchev–Trinajstić information content (AvgIpc) is 2.54. The fourth-order valence-corrected chi connectivity index (χ4v) is 2.60. The summed E-state index contributed by atoms with van der Waals surface area (Å²) in [6.45, 7) is 0. The highest BCUT2D eigenvalue weighted by Crippen LogP contribution is 2.09. The topological polar surface area (TPSA) is 55.4 Å². The van der Waals surface area contributed by atoms with Crippen molar-refractivity contribution in [1.29, 1.82) is 0 Å². The van der Waals surface area contributed by atoms with Crippen molar-refractivity contribution in [3.8, 4) is 0 Å². The van der Waals surface area contributed by atoms with Crippen LogP contribution in [0.3, 0.4) is 0 Å². The van der Waals surface area contributed by atoms with E-state index in [9.17, 15) is 9.59 Å². The lowest BCUT2D eigenvalue weighted by molar-refractivity contribution is -0.142. The number of esters is 1. The Morgan fingerprint density at radius 3 is 2.50 bits per heavy atom. The molecule has 0 aliphatic rings. The van der Waals surface area contributed by atoms with Crippen LogP contribution in [-0.2, 0) is 16.0 Å². The number of carbonyl (C=O) groups is 2. The Balaban J connectivity index is 2.13. The van der Waals surface area contributed by atoms with E-state index < -0.39 is 12.0 Å². The number of methoxy groups -OCH3 is 1. The molecule has 2 aromatic rings. The Morgan fingerprint density at radius 2 is 1.86 bits per heavy atom. The van der Waals surface area contributed by atoms with E-state index in [1.165, 1.54) is 7.11 Å². The zero-order chi connectivity index (χ0) is 15.9. The molecular weight excluding hydrogens is 393 g/mol. The van der Waals surface area contributed by atoms with Gasteiger partial charge in [-0.2, -0.15) is 0 Å². The molecular formula is C17H16INO3. The summed E-state index contributed by atoms with van der Waals surface area (Å²) in [5.74, 6) is -0.743. The summed E-state index contributed by atoms with van der Waals surface area (Å²) in [5.41, 5.74) is 1.48. The molecule has 1 N–H and O–H groups in total. The average molecular weight is 409 g/mol. The summed E-state index contributed by atoms with van der Waals surface area (Å²) in [5, 5.41) is 2.74. The van der Waals surface area contributed by atoms with Crippen LogP contribution in [-0.4, -0.2) is 25.0 Å². The monoisotopic (exact) mass is 409 g/mol. The molecule has 4 nitrogen and oxygen atoms in total. The van der Waals surface area contributed by atoms with Crippen molar-refractivity contribution in [2.24, 2.45) is 0 Å². The van der Waals surface area contributed by atoms with Gasteiger partial charge in [-0.25, -0.2) is 4.79 Å². The zero-order valence-corrected chi connectivity index (χ0v) is 14.2. The predicted octanol–water partition coefficient (Wildman–Crippen LogP) is 2.81. The van der Waals surface area contributed by atoms with Crippen molar-refractivity contribution in [2.45, 2.75) is 12.5 Å². The van der Waals surface area contributed by atoms with Gasteiger partial charge in [0.2, 0.25) is 0 Å². The molecule has 22 heavy (non-hydrogen) atoms. The van der Waals surface area contributed by atoms with Gasteiger partial charge in [-0.3, -0.25) is 4.79 Å². The highest BCUT2D eigenvalue weighted by Gasteiger charge is 2.22. The van der Waals surface area contributed by atoms with Gasteiger partial charge < -0.3 is 10.1 Å². The van der Waals surface area contributed by atoms with Crippen molar-refractivity contribution in [3.05, 3.63) is 69.3 Å². The molecule has 1 amide bonds. The predicted molar refractivity (Wildman–Crippen MR) is 92.6 cm³/mol. The van der Waals surface area contributed by atoms with Crippen LogP contribution < -0.4 is 5.32 Å². The zero-order valence-electron chi connectivity index (χ0n) is 12.1. The van der Waals surface area contributed by atoms with Crippen LogP contribution in [0.15, 0.2) is 54.6 Å². The summed E-state index contributed by atoms with van der Waals surface area (Å²) in [6.07, 6.45) is 0.392. The Labute approximate surface area is 143 Å². The van der Waals surface area contributed by atoms with Gasteiger partial charge in [-0.15, -0.1) is 0 Å². The third-order valence-electron chi connectivity index (χ3n) is 3.16. The highest BCUT2D eigenvalue weighted by molar-refractivity contribution is 14.1. The molecule has 5 heteroatoms. The van der Waals surface area contributed by atoms with E-state index in [1.807, 2.05) is 36.4 Å². The molecule has 114 valence electrons. The SMILES string of the molecule is COC(=O)[C@H](Cc1ccccc1)NC(=O)c1cccc(I)c1. The highest BCUT2D eigenvalue weighted by atomic mass is 127. The number of carbonyl (C=O) groups excluding carboxylic acids is 2. The molecule has 0 unspecified atom stereocenters. The summed E-state index contributed by atoms with van der Waals surface area (Å²) in [6, 6.07) is 16.0. The normalized spacial score (nSPS) is 11.5. The molecule has 0 aliphatic carbocycles. The second-order valence-corrected chi connectivity index (χ2v) is 5.99. The van der Waals surface area contributed by atoms with Gasteiger partial charge >= 0.3 is 5.97 Å². The Hall–Kier alpha value is -1.89. The van der Waals surface area contributed by atoms with Crippen LogP contribution >= 0.6 is 22.6 Å². The minimum Gasteiger partial charge on any atom is -0.467 e. The molecule has 0 aliphatic heterocycles. The van der Waals surface area contributed by atoms with Crippen LogP contribution in [0.5, 0.6) is 0 Å². The summed E-state index contributed by atoms with van der Waals surface area (Å²) in [4.78, 5) is 24.2. The quantitative estimate of drug-likeness (QED) is 0.611. The van der Waals surface area contributed by atoms with E-state index in [2.05, 4.69) is 27.9 Å². The molecule has 0 saturated heterocycles. The molecule has 2 aromatic carbocycles. The number of hydrogen-bond acceptors (Lipinski definition) is 3. The third kappa shape index (κ3) is 4.56. The second-order valence-electron chi connectivity index (χ2n) is 4.75. The van der Waals surface area contributed by atoms with Gasteiger partial charge in [0, 0.05) is 15.6 Å². The van der Waals surface area contributed by atoms with Crippen LogP contribution in [0.1, 0.15) is 15.9 Å². The summed E-state index contributed by atoms with van der Waals surface area (Å²) in [7, 11) is 1.32. The molecule has 0 heterocycles. The third-order valence-corrected chi connectivity index (χ3v) is 3.83. The van der Waals surface area contributed by atoms with Gasteiger partial charge in [0.05, 0.1) is 7.11 Å². The molecule has 2 rings (SSSR count). The fraction of sp³-hybridized carbons (Fsp3) is 0.176. The largest absolute Gasteiger partial charge is 0.467 e. The molecule has 0 spiro atoms. The standard InChI is InChI=1S/C17H16INO3/c1-22-17(21)15(10-12-6-3-2-4-7-12)19-16(20)13-8-5-9-14(18)11-13/h2-9,11,15H,10H2,1H3,(H,19,20)/t15-/m0/s1. The van der Waals surface area contributed by atoms with Crippen molar-refractivity contribution in [2.75, 3.05) is 7.11 Å². The Bertz CT molecular complexity index is 658. The first kappa shape index (κ1) is 16.5. The van der Waals surface area contributed by atoms with Crippen molar-refractivity contribution < 1.29 is 14.3 Å². The van der Waals surface area contributed by atoms with Crippen molar-refractivity contribution in [1.82, 2.24) is 5.32 Å². The van der Waals surface area contributed by atoms with Gasteiger partial charge in [0.25, 0.3) is 5.91 Å². The first-order valence-electron chi connectivity index (χ1n) is 6.78. The van der Waals surface area contributed by atoms with E-state index in [-0.39, 0.29) is 5.91 Å². The molecule has 0 radical (unpaired) electrons. The maximum absolute atomic E-state index is 12.3. The minimum atomic E-state index is -0.710. The van der Waals surface area contributed by atoms with E-state index in [0.29, 0.717) is 12.0 Å².